The smallest absolute Gasteiger partial charge is 0.147 e. The summed E-state index contributed by atoms with van der Waals surface area (Å²) in [6.45, 7) is 2.79. The molecule has 0 aromatic carbocycles. The molecule has 4 nitrogen and oxygen atoms in total. The molecule has 2 rings (SSSR count). The Hall–Kier alpha value is -0.130. The van der Waals surface area contributed by atoms with Gasteiger partial charge in [0.25, 0.3) is 0 Å². The molecule has 0 bridgehead atoms. The predicted octanol–water partition coefficient (Wildman–Crippen LogP) is -0.156. The molecule has 0 spiro atoms. The first-order valence-electron chi connectivity index (χ1n) is 5.58. The van der Waals surface area contributed by atoms with E-state index in [9.17, 15) is 8.42 Å². The summed E-state index contributed by atoms with van der Waals surface area (Å²) < 4.78 is 21.8. The molecule has 1 saturated heterocycles. The van der Waals surface area contributed by atoms with Crippen molar-refractivity contribution in [2.24, 2.45) is 11.7 Å². The van der Waals surface area contributed by atoms with Crippen molar-refractivity contribution >= 4 is 9.84 Å². The Morgan fingerprint density at radius 3 is 2.47 bits per heavy atom. The van der Waals surface area contributed by atoms with Crippen molar-refractivity contribution in [3.63, 3.8) is 0 Å². The maximum atomic E-state index is 10.9. The van der Waals surface area contributed by atoms with E-state index < -0.39 is 9.84 Å². The third-order valence-corrected chi connectivity index (χ3v) is 4.45. The monoisotopic (exact) mass is 232 g/mol. The molecule has 88 valence electrons. The van der Waals surface area contributed by atoms with E-state index >= 15 is 0 Å². The van der Waals surface area contributed by atoms with Crippen molar-refractivity contribution in [2.45, 2.75) is 24.8 Å². The Morgan fingerprint density at radius 2 is 2.00 bits per heavy atom. The Kier molecular flexibility index (Phi) is 2.81. The SMILES string of the molecule is CS(=O)(=O)CCCN1CC(N)(C2CC2)C1. The Morgan fingerprint density at radius 1 is 1.40 bits per heavy atom. The fourth-order valence-corrected chi connectivity index (χ4v) is 3.06. The Labute approximate surface area is 91.7 Å². The second kappa shape index (κ2) is 3.71. The van der Waals surface area contributed by atoms with Crippen molar-refractivity contribution in [1.82, 2.24) is 4.90 Å². The van der Waals surface area contributed by atoms with Gasteiger partial charge in [-0.1, -0.05) is 0 Å². The van der Waals surface area contributed by atoms with E-state index in [1.54, 1.807) is 0 Å². The fraction of sp³-hybridized carbons (Fsp3) is 1.00. The van der Waals surface area contributed by atoms with Gasteiger partial charge in [-0.05, 0) is 31.7 Å². The molecule has 0 aromatic heterocycles. The van der Waals surface area contributed by atoms with Crippen LogP contribution in [0.5, 0.6) is 0 Å². The van der Waals surface area contributed by atoms with Crippen LogP contribution < -0.4 is 5.73 Å². The maximum absolute atomic E-state index is 10.9. The van der Waals surface area contributed by atoms with Crippen LogP contribution in [0.1, 0.15) is 19.3 Å². The van der Waals surface area contributed by atoms with Crippen LogP contribution in [0.3, 0.4) is 0 Å². The Balaban J connectivity index is 1.63. The minimum atomic E-state index is -2.79. The Bertz CT molecular complexity index is 329. The first kappa shape index (κ1) is 11.4. The molecule has 1 aliphatic carbocycles. The summed E-state index contributed by atoms with van der Waals surface area (Å²) in [5.74, 6) is 1.04. The minimum Gasteiger partial charge on any atom is -0.323 e. The molecule has 1 saturated carbocycles. The van der Waals surface area contributed by atoms with Gasteiger partial charge in [-0.2, -0.15) is 0 Å². The molecule has 15 heavy (non-hydrogen) atoms. The molecule has 0 amide bonds. The van der Waals surface area contributed by atoms with Crippen LogP contribution in [0.15, 0.2) is 0 Å². The van der Waals surface area contributed by atoms with Gasteiger partial charge in [-0.25, -0.2) is 8.42 Å². The van der Waals surface area contributed by atoms with E-state index in [-0.39, 0.29) is 5.54 Å². The summed E-state index contributed by atoms with van der Waals surface area (Å²) in [5, 5.41) is 0. The molecule has 1 aliphatic heterocycles. The van der Waals surface area contributed by atoms with E-state index in [0.29, 0.717) is 5.75 Å². The fourth-order valence-electron chi connectivity index (χ4n) is 2.41. The number of rotatable bonds is 5. The van der Waals surface area contributed by atoms with Gasteiger partial charge in [-0.3, -0.25) is 4.90 Å². The molecule has 0 unspecified atom stereocenters. The zero-order valence-electron chi connectivity index (χ0n) is 9.28. The topological polar surface area (TPSA) is 63.4 Å². The highest BCUT2D eigenvalue weighted by atomic mass is 32.2. The molecule has 0 radical (unpaired) electrons. The number of hydrogen-bond acceptors (Lipinski definition) is 4. The molecule has 2 N–H and O–H groups in total. The molecule has 0 aromatic rings. The van der Waals surface area contributed by atoms with E-state index in [4.69, 9.17) is 5.73 Å². The van der Waals surface area contributed by atoms with Gasteiger partial charge in [0.1, 0.15) is 9.84 Å². The largest absolute Gasteiger partial charge is 0.323 e. The number of nitrogens with zero attached hydrogens (tertiary/aromatic N) is 1. The normalized spacial score (nSPS) is 26.3. The summed E-state index contributed by atoms with van der Waals surface area (Å²) in [6.07, 6.45) is 4.60. The average Bonchev–Trinajstić information content (AvgIpc) is 2.80. The highest BCUT2D eigenvalue weighted by Gasteiger charge is 2.49. The summed E-state index contributed by atoms with van der Waals surface area (Å²) in [5.41, 5.74) is 6.26. The zero-order chi connectivity index (χ0) is 11.1. The van der Waals surface area contributed by atoms with Crippen molar-refractivity contribution in [1.29, 1.82) is 0 Å². The van der Waals surface area contributed by atoms with Gasteiger partial charge in [0, 0.05) is 24.9 Å². The zero-order valence-corrected chi connectivity index (χ0v) is 10.1. The van der Waals surface area contributed by atoms with Crippen molar-refractivity contribution in [2.75, 3.05) is 31.6 Å². The lowest BCUT2D eigenvalue weighted by Crippen LogP contribution is -2.68. The lowest BCUT2D eigenvalue weighted by atomic mass is 9.86. The summed E-state index contributed by atoms with van der Waals surface area (Å²) in [6, 6.07) is 0. The highest BCUT2D eigenvalue weighted by Crippen LogP contribution is 2.42. The molecule has 1 heterocycles. The van der Waals surface area contributed by atoms with Crippen LogP contribution in [0.4, 0.5) is 0 Å². The van der Waals surface area contributed by atoms with Crippen LogP contribution in [-0.4, -0.2) is 50.5 Å². The molecular formula is C10H20N2O2S. The first-order chi connectivity index (χ1) is 6.89. The van der Waals surface area contributed by atoms with Crippen molar-refractivity contribution in [3.05, 3.63) is 0 Å². The molecule has 5 heteroatoms. The molecule has 2 fully saturated rings. The van der Waals surface area contributed by atoms with Gasteiger partial charge in [0.05, 0.1) is 5.75 Å². The third-order valence-electron chi connectivity index (χ3n) is 3.42. The minimum absolute atomic E-state index is 0.0606. The lowest BCUT2D eigenvalue weighted by Gasteiger charge is -2.48. The predicted molar refractivity (Wildman–Crippen MR) is 60.4 cm³/mol. The molecule has 2 aliphatic rings. The van der Waals surface area contributed by atoms with Crippen LogP contribution in [-0.2, 0) is 9.84 Å². The molecule has 0 atom stereocenters. The van der Waals surface area contributed by atoms with E-state index in [0.717, 1.165) is 32.0 Å². The number of sulfone groups is 1. The van der Waals surface area contributed by atoms with E-state index in [1.807, 2.05) is 0 Å². The number of likely N-dealkylation sites (tertiary alicyclic amines) is 1. The maximum Gasteiger partial charge on any atom is 0.147 e. The van der Waals surface area contributed by atoms with E-state index in [2.05, 4.69) is 4.90 Å². The van der Waals surface area contributed by atoms with Gasteiger partial charge < -0.3 is 5.73 Å². The average molecular weight is 232 g/mol. The second-order valence-corrected chi connectivity index (χ2v) is 7.46. The van der Waals surface area contributed by atoms with Crippen molar-refractivity contribution in [3.8, 4) is 0 Å². The number of hydrogen-bond donors (Lipinski definition) is 1. The summed E-state index contributed by atoms with van der Waals surface area (Å²) >= 11 is 0. The highest BCUT2D eigenvalue weighted by molar-refractivity contribution is 7.90. The van der Waals surface area contributed by atoms with E-state index in [1.165, 1.54) is 19.1 Å². The van der Waals surface area contributed by atoms with Gasteiger partial charge >= 0.3 is 0 Å². The van der Waals surface area contributed by atoms with Crippen LogP contribution in [0.2, 0.25) is 0 Å². The third kappa shape index (κ3) is 2.92. The second-order valence-electron chi connectivity index (χ2n) is 5.20. The van der Waals surface area contributed by atoms with Crippen LogP contribution >= 0.6 is 0 Å². The standard InChI is InChI=1S/C10H20N2O2S/c1-15(13,14)6-2-5-12-7-10(11,8-12)9-3-4-9/h9H,2-8,11H2,1H3. The van der Waals surface area contributed by atoms with Crippen molar-refractivity contribution < 1.29 is 8.42 Å². The lowest BCUT2D eigenvalue weighted by molar-refractivity contribution is 0.0553. The van der Waals surface area contributed by atoms with Crippen LogP contribution in [0, 0.1) is 5.92 Å². The quantitative estimate of drug-likeness (QED) is 0.715. The summed E-state index contributed by atoms with van der Waals surface area (Å²) in [4.78, 5) is 2.27. The van der Waals surface area contributed by atoms with Gasteiger partial charge in [0.15, 0.2) is 0 Å². The first-order valence-corrected chi connectivity index (χ1v) is 7.64. The van der Waals surface area contributed by atoms with Crippen LogP contribution in [0.25, 0.3) is 0 Å². The van der Waals surface area contributed by atoms with Gasteiger partial charge in [0.2, 0.25) is 0 Å². The molecular weight excluding hydrogens is 212 g/mol. The number of nitrogens with two attached hydrogens (primary N) is 1. The van der Waals surface area contributed by atoms with Gasteiger partial charge in [-0.15, -0.1) is 0 Å². The summed E-state index contributed by atoms with van der Waals surface area (Å²) in [7, 11) is -2.79.